The molecule has 21 heavy (non-hydrogen) atoms. The highest BCUT2D eigenvalue weighted by molar-refractivity contribution is 5.95. The fourth-order valence-corrected chi connectivity index (χ4v) is 1.86. The van der Waals surface area contributed by atoms with Gasteiger partial charge in [0.1, 0.15) is 0 Å². The van der Waals surface area contributed by atoms with Crippen LogP contribution in [-0.2, 0) is 0 Å². The minimum atomic E-state index is -0.496. The third kappa shape index (κ3) is 3.56. The summed E-state index contributed by atoms with van der Waals surface area (Å²) >= 11 is 0. The molecule has 0 radical (unpaired) electrons. The number of hydrogen-bond donors (Lipinski definition) is 1. The molecule has 0 fully saturated rings. The van der Waals surface area contributed by atoms with Gasteiger partial charge in [-0.3, -0.25) is 25.3 Å². The predicted molar refractivity (Wildman–Crippen MR) is 80.0 cm³/mol. The van der Waals surface area contributed by atoms with Crippen LogP contribution in [0.15, 0.2) is 54.6 Å². The number of nitro groups is 1. The number of amides is 1. The molecule has 0 heterocycles. The lowest BCUT2D eigenvalue weighted by Gasteiger charge is -2.23. The summed E-state index contributed by atoms with van der Waals surface area (Å²) < 4.78 is 0. The second kappa shape index (κ2) is 6.51. The van der Waals surface area contributed by atoms with Crippen LogP contribution in [0.1, 0.15) is 17.3 Å². The number of nitrogens with one attached hydrogen (secondary N) is 1. The van der Waals surface area contributed by atoms with E-state index in [2.05, 4.69) is 5.43 Å². The number of non-ortho nitro benzene ring substituents is 1. The fraction of sp³-hybridized carbons (Fsp3) is 0.133. The molecular formula is C15H15N3O3. The number of para-hydroxylation sites is 1. The van der Waals surface area contributed by atoms with E-state index < -0.39 is 4.92 Å². The van der Waals surface area contributed by atoms with Crippen molar-refractivity contribution in [1.82, 2.24) is 5.43 Å². The molecule has 0 bridgehead atoms. The molecule has 0 aliphatic heterocycles. The van der Waals surface area contributed by atoms with E-state index in [1.165, 1.54) is 24.3 Å². The molecule has 0 spiro atoms. The third-order valence-electron chi connectivity index (χ3n) is 2.96. The van der Waals surface area contributed by atoms with Crippen molar-refractivity contribution in [3.05, 3.63) is 70.3 Å². The largest absolute Gasteiger partial charge is 0.286 e. The lowest BCUT2D eigenvalue weighted by atomic mass is 10.2. The summed E-state index contributed by atoms with van der Waals surface area (Å²) in [6, 6.07) is 14.9. The van der Waals surface area contributed by atoms with Gasteiger partial charge in [0.2, 0.25) is 0 Å². The number of carbonyl (C=O) groups excluding carboxylic acids is 1. The van der Waals surface area contributed by atoms with Crippen molar-refractivity contribution >= 4 is 17.3 Å². The Kier molecular flexibility index (Phi) is 4.50. The minimum Gasteiger partial charge on any atom is -0.286 e. The maximum atomic E-state index is 12.1. The van der Waals surface area contributed by atoms with Crippen molar-refractivity contribution in [1.29, 1.82) is 0 Å². The Balaban J connectivity index is 2.11. The first-order chi connectivity index (χ1) is 10.1. The first kappa shape index (κ1) is 14.5. The van der Waals surface area contributed by atoms with Gasteiger partial charge in [-0.1, -0.05) is 18.2 Å². The van der Waals surface area contributed by atoms with E-state index in [-0.39, 0.29) is 11.6 Å². The average molecular weight is 285 g/mol. The Morgan fingerprint density at radius 1 is 1.14 bits per heavy atom. The number of rotatable bonds is 5. The Bertz CT molecular complexity index is 626. The molecule has 0 atom stereocenters. The van der Waals surface area contributed by atoms with Crippen LogP contribution in [0, 0.1) is 10.1 Å². The number of nitro benzene ring substituents is 1. The SMILES string of the molecule is CCN(NC(=O)c1ccc([N+](=O)[O-])cc1)c1ccccc1. The summed E-state index contributed by atoms with van der Waals surface area (Å²) in [5, 5.41) is 12.3. The quantitative estimate of drug-likeness (QED) is 0.677. The molecule has 6 heteroatoms. The van der Waals surface area contributed by atoms with Crippen LogP contribution >= 0.6 is 0 Å². The first-order valence-corrected chi connectivity index (χ1v) is 6.50. The number of benzene rings is 2. The maximum Gasteiger partial charge on any atom is 0.269 e. The lowest BCUT2D eigenvalue weighted by molar-refractivity contribution is -0.384. The zero-order chi connectivity index (χ0) is 15.2. The van der Waals surface area contributed by atoms with E-state index in [9.17, 15) is 14.9 Å². The molecule has 0 aliphatic rings. The Labute approximate surface area is 122 Å². The first-order valence-electron chi connectivity index (χ1n) is 6.50. The fourth-order valence-electron chi connectivity index (χ4n) is 1.86. The number of anilines is 1. The molecule has 1 N–H and O–H groups in total. The van der Waals surface area contributed by atoms with Gasteiger partial charge in [0.25, 0.3) is 11.6 Å². The highest BCUT2D eigenvalue weighted by Crippen LogP contribution is 2.14. The van der Waals surface area contributed by atoms with Gasteiger partial charge in [-0.05, 0) is 31.2 Å². The molecule has 108 valence electrons. The van der Waals surface area contributed by atoms with Crippen LogP contribution in [0.3, 0.4) is 0 Å². The topological polar surface area (TPSA) is 75.5 Å². The van der Waals surface area contributed by atoms with Gasteiger partial charge in [-0.25, -0.2) is 0 Å². The monoisotopic (exact) mass is 285 g/mol. The molecule has 0 saturated carbocycles. The summed E-state index contributed by atoms with van der Waals surface area (Å²) in [4.78, 5) is 22.2. The standard InChI is InChI=1S/C15H15N3O3/c1-2-17(13-6-4-3-5-7-13)16-15(19)12-8-10-14(11-9-12)18(20)21/h3-11H,2H2,1H3,(H,16,19). The van der Waals surface area contributed by atoms with E-state index in [0.29, 0.717) is 12.1 Å². The molecular weight excluding hydrogens is 270 g/mol. The Morgan fingerprint density at radius 2 is 1.76 bits per heavy atom. The minimum absolute atomic E-state index is 0.0399. The van der Waals surface area contributed by atoms with Gasteiger partial charge in [0, 0.05) is 24.2 Å². The van der Waals surface area contributed by atoms with E-state index in [1.54, 1.807) is 5.01 Å². The molecule has 2 rings (SSSR count). The summed E-state index contributed by atoms with van der Waals surface area (Å²) in [5.41, 5.74) is 3.97. The molecule has 0 aromatic heterocycles. The van der Waals surface area contributed by atoms with Crippen molar-refractivity contribution in [2.24, 2.45) is 0 Å². The third-order valence-corrected chi connectivity index (χ3v) is 2.96. The summed E-state index contributed by atoms with van der Waals surface area (Å²) in [6.07, 6.45) is 0. The van der Waals surface area contributed by atoms with Gasteiger partial charge >= 0.3 is 0 Å². The van der Waals surface area contributed by atoms with E-state index >= 15 is 0 Å². The zero-order valence-corrected chi connectivity index (χ0v) is 11.5. The summed E-state index contributed by atoms with van der Waals surface area (Å²) in [6.45, 7) is 2.52. The summed E-state index contributed by atoms with van der Waals surface area (Å²) in [7, 11) is 0. The highest BCUT2D eigenvalue weighted by atomic mass is 16.6. The summed E-state index contributed by atoms with van der Waals surface area (Å²) in [5.74, 6) is -0.310. The van der Waals surface area contributed by atoms with Gasteiger partial charge in [0.05, 0.1) is 10.6 Å². The van der Waals surface area contributed by atoms with E-state index in [0.717, 1.165) is 5.69 Å². The van der Waals surface area contributed by atoms with Crippen molar-refractivity contribution in [3.63, 3.8) is 0 Å². The van der Waals surface area contributed by atoms with Gasteiger partial charge in [-0.2, -0.15) is 0 Å². The van der Waals surface area contributed by atoms with Crippen LogP contribution < -0.4 is 10.4 Å². The molecule has 1 amide bonds. The van der Waals surface area contributed by atoms with E-state index in [4.69, 9.17) is 0 Å². The molecule has 0 saturated heterocycles. The zero-order valence-electron chi connectivity index (χ0n) is 11.5. The Hall–Kier alpha value is -2.89. The van der Waals surface area contributed by atoms with Crippen LogP contribution in [0.5, 0.6) is 0 Å². The van der Waals surface area contributed by atoms with Crippen molar-refractivity contribution < 1.29 is 9.72 Å². The highest BCUT2D eigenvalue weighted by Gasteiger charge is 2.12. The molecule has 6 nitrogen and oxygen atoms in total. The van der Waals surface area contributed by atoms with Gasteiger partial charge in [-0.15, -0.1) is 0 Å². The molecule has 2 aromatic rings. The van der Waals surface area contributed by atoms with Gasteiger partial charge in [0.15, 0.2) is 0 Å². The van der Waals surface area contributed by atoms with E-state index in [1.807, 2.05) is 37.3 Å². The van der Waals surface area contributed by atoms with Crippen LogP contribution in [0.4, 0.5) is 11.4 Å². The normalized spacial score (nSPS) is 9.95. The van der Waals surface area contributed by atoms with Crippen LogP contribution in [0.2, 0.25) is 0 Å². The van der Waals surface area contributed by atoms with Gasteiger partial charge < -0.3 is 0 Å². The lowest BCUT2D eigenvalue weighted by Crippen LogP contribution is -2.42. The average Bonchev–Trinajstić information content (AvgIpc) is 2.53. The molecule has 0 aliphatic carbocycles. The van der Waals surface area contributed by atoms with Crippen molar-refractivity contribution in [3.8, 4) is 0 Å². The van der Waals surface area contributed by atoms with Crippen molar-refractivity contribution in [2.75, 3.05) is 11.6 Å². The molecule has 0 unspecified atom stereocenters. The van der Waals surface area contributed by atoms with Crippen LogP contribution in [-0.4, -0.2) is 17.4 Å². The molecule has 2 aromatic carbocycles. The number of hydrogen-bond acceptors (Lipinski definition) is 4. The maximum absolute atomic E-state index is 12.1. The predicted octanol–water partition coefficient (Wildman–Crippen LogP) is 2.77. The number of nitrogens with zero attached hydrogens (tertiary/aromatic N) is 2. The Morgan fingerprint density at radius 3 is 2.29 bits per heavy atom. The number of carbonyl (C=O) groups is 1. The number of hydrazine groups is 1. The van der Waals surface area contributed by atoms with Crippen molar-refractivity contribution in [2.45, 2.75) is 6.92 Å². The van der Waals surface area contributed by atoms with Crippen LogP contribution in [0.25, 0.3) is 0 Å². The second-order valence-electron chi connectivity index (χ2n) is 4.32. The smallest absolute Gasteiger partial charge is 0.269 e. The second-order valence-corrected chi connectivity index (χ2v) is 4.32.